The molecule has 1 amide bonds. The Morgan fingerprint density at radius 3 is 2.46 bits per heavy atom. The van der Waals surface area contributed by atoms with Crippen molar-refractivity contribution in [1.29, 1.82) is 0 Å². The van der Waals surface area contributed by atoms with E-state index in [1.807, 2.05) is 29.2 Å². The predicted molar refractivity (Wildman–Crippen MR) is 98.9 cm³/mol. The molecular weight excluding hydrogens is 354 g/mol. The van der Waals surface area contributed by atoms with Gasteiger partial charge in [0.15, 0.2) is 6.61 Å². The van der Waals surface area contributed by atoms with Crippen LogP contribution in [-0.4, -0.2) is 41.6 Å². The first-order chi connectivity index (χ1) is 12.5. The number of carboxylic acids is 1. The van der Waals surface area contributed by atoms with E-state index in [-0.39, 0.29) is 5.91 Å². The van der Waals surface area contributed by atoms with Crippen LogP contribution in [0.25, 0.3) is 0 Å². The number of amides is 1. The molecule has 2 aromatic carbocycles. The quantitative estimate of drug-likeness (QED) is 0.865. The third kappa shape index (κ3) is 4.55. The first-order valence-corrected chi connectivity index (χ1v) is 8.90. The minimum absolute atomic E-state index is 0.0552. The molecule has 1 N–H and O–H groups in total. The second-order valence-corrected chi connectivity index (χ2v) is 6.76. The maximum absolute atomic E-state index is 12.7. The molecule has 2 aromatic rings. The number of hydrogen-bond donors (Lipinski definition) is 1. The van der Waals surface area contributed by atoms with Crippen LogP contribution in [0.2, 0.25) is 5.02 Å². The average molecular weight is 374 g/mol. The number of rotatable bonds is 5. The highest BCUT2D eigenvalue weighted by molar-refractivity contribution is 6.30. The summed E-state index contributed by atoms with van der Waals surface area (Å²) in [5.74, 6) is -0.290. The molecule has 0 spiro atoms. The van der Waals surface area contributed by atoms with E-state index in [0.29, 0.717) is 30.3 Å². The van der Waals surface area contributed by atoms with Crippen molar-refractivity contribution < 1.29 is 19.4 Å². The number of halogens is 1. The van der Waals surface area contributed by atoms with Crippen LogP contribution in [0.3, 0.4) is 0 Å². The number of piperidine rings is 1. The first-order valence-electron chi connectivity index (χ1n) is 8.52. The molecule has 3 rings (SSSR count). The van der Waals surface area contributed by atoms with Crippen molar-refractivity contribution in [2.45, 2.75) is 18.8 Å². The van der Waals surface area contributed by atoms with Gasteiger partial charge in [-0.3, -0.25) is 4.79 Å². The molecule has 0 radical (unpaired) electrons. The number of nitrogens with zero attached hydrogens (tertiary/aromatic N) is 1. The molecule has 6 heteroatoms. The van der Waals surface area contributed by atoms with Gasteiger partial charge in [0.05, 0.1) is 0 Å². The van der Waals surface area contributed by atoms with E-state index < -0.39 is 12.6 Å². The van der Waals surface area contributed by atoms with Crippen LogP contribution in [0.5, 0.6) is 5.75 Å². The Bertz CT molecular complexity index is 783. The smallest absolute Gasteiger partial charge is 0.341 e. The highest BCUT2D eigenvalue weighted by atomic mass is 35.5. The average Bonchev–Trinajstić information content (AvgIpc) is 2.67. The van der Waals surface area contributed by atoms with Gasteiger partial charge in [-0.1, -0.05) is 29.8 Å². The lowest BCUT2D eigenvalue weighted by Gasteiger charge is -2.32. The fourth-order valence-electron chi connectivity index (χ4n) is 3.20. The van der Waals surface area contributed by atoms with Gasteiger partial charge >= 0.3 is 5.97 Å². The Kier molecular flexibility index (Phi) is 5.78. The molecule has 0 bridgehead atoms. The van der Waals surface area contributed by atoms with Crippen molar-refractivity contribution in [1.82, 2.24) is 4.90 Å². The van der Waals surface area contributed by atoms with Crippen LogP contribution < -0.4 is 4.74 Å². The third-order valence-corrected chi connectivity index (χ3v) is 4.82. The zero-order chi connectivity index (χ0) is 18.5. The maximum atomic E-state index is 12.7. The number of hydrogen-bond acceptors (Lipinski definition) is 3. The second-order valence-electron chi connectivity index (χ2n) is 6.33. The Morgan fingerprint density at radius 1 is 1.12 bits per heavy atom. The van der Waals surface area contributed by atoms with E-state index in [1.165, 1.54) is 5.56 Å². The van der Waals surface area contributed by atoms with Crippen molar-refractivity contribution in [3.63, 3.8) is 0 Å². The van der Waals surface area contributed by atoms with Crippen molar-refractivity contribution >= 4 is 23.5 Å². The topological polar surface area (TPSA) is 66.8 Å². The molecule has 26 heavy (non-hydrogen) atoms. The molecule has 1 heterocycles. The number of carboxylic acid groups (broad SMARTS) is 1. The highest BCUT2D eigenvalue weighted by Gasteiger charge is 2.24. The first kappa shape index (κ1) is 18.3. The van der Waals surface area contributed by atoms with Crippen LogP contribution in [0.1, 0.15) is 34.7 Å². The molecule has 0 saturated carbocycles. The normalized spacial score (nSPS) is 14.9. The minimum atomic E-state index is -1.05. The molecule has 136 valence electrons. The van der Waals surface area contributed by atoms with Crippen LogP contribution in [0.4, 0.5) is 0 Å². The Labute approximate surface area is 157 Å². The number of aliphatic carboxylic acids is 1. The van der Waals surface area contributed by atoms with Crippen LogP contribution in [0.15, 0.2) is 48.5 Å². The van der Waals surface area contributed by atoms with Crippen LogP contribution in [-0.2, 0) is 4.79 Å². The largest absolute Gasteiger partial charge is 0.482 e. The van der Waals surface area contributed by atoms with Gasteiger partial charge in [-0.2, -0.15) is 0 Å². The number of carbonyl (C=O) groups is 2. The molecule has 0 aliphatic carbocycles. The SMILES string of the molecule is O=C(O)COc1cccc(C(=O)N2CCC(c3ccc(Cl)cc3)CC2)c1. The van der Waals surface area contributed by atoms with E-state index in [4.69, 9.17) is 21.4 Å². The van der Waals surface area contributed by atoms with E-state index in [0.717, 1.165) is 17.9 Å². The van der Waals surface area contributed by atoms with Crippen molar-refractivity contribution in [3.8, 4) is 5.75 Å². The summed E-state index contributed by atoms with van der Waals surface area (Å²) < 4.78 is 5.15. The summed E-state index contributed by atoms with van der Waals surface area (Å²) in [5.41, 5.74) is 1.77. The molecule has 1 fully saturated rings. The summed E-state index contributed by atoms with van der Waals surface area (Å²) in [6.45, 7) is 0.947. The van der Waals surface area contributed by atoms with Gasteiger partial charge in [-0.15, -0.1) is 0 Å². The summed E-state index contributed by atoms with van der Waals surface area (Å²) >= 11 is 5.94. The Hall–Kier alpha value is -2.53. The zero-order valence-corrected chi connectivity index (χ0v) is 15.0. The van der Waals surface area contributed by atoms with Gasteiger partial charge < -0.3 is 14.7 Å². The minimum Gasteiger partial charge on any atom is -0.482 e. The number of likely N-dealkylation sites (tertiary alicyclic amines) is 1. The predicted octanol–water partition coefficient (Wildman–Crippen LogP) is 3.82. The maximum Gasteiger partial charge on any atom is 0.341 e. The van der Waals surface area contributed by atoms with Crippen molar-refractivity contribution in [2.75, 3.05) is 19.7 Å². The van der Waals surface area contributed by atoms with Gasteiger partial charge in [-0.05, 0) is 54.7 Å². The van der Waals surface area contributed by atoms with Gasteiger partial charge in [0.1, 0.15) is 5.75 Å². The van der Waals surface area contributed by atoms with Crippen molar-refractivity contribution in [2.24, 2.45) is 0 Å². The Morgan fingerprint density at radius 2 is 1.81 bits per heavy atom. The van der Waals surface area contributed by atoms with E-state index in [2.05, 4.69) is 0 Å². The van der Waals surface area contributed by atoms with Crippen molar-refractivity contribution in [3.05, 3.63) is 64.7 Å². The van der Waals surface area contributed by atoms with Crippen LogP contribution in [0, 0.1) is 0 Å². The molecule has 0 atom stereocenters. The standard InChI is InChI=1S/C20H20ClNO4/c21-17-6-4-14(5-7-17)15-8-10-22(11-9-15)20(25)16-2-1-3-18(12-16)26-13-19(23)24/h1-7,12,15H,8-11,13H2,(H,23,24). The zero-order valence-electron chi connectivity index (χ0n) is 14.2. The number of ether oxygens (including phenoxy) is 1. The fourth-order valence-corrected chi connectivity index (χ4v) is 3.32. The third-order valence-electron chi connectivity index (χ3n) is 4.57. The van der Waals surface area contributed by atoms with E-state index in [9.17, 15) is 9.59 Å². The lowest BCUT2D eigenvalue weighted by molar-refractivity contribution is -0.139. The molecule has 1 saturated heterocycles. The molecule has 1 aliphatic heterocycles. The van der Waals surface area contributed by atoms with Gasteiger partial charge in [0.25, 0.3) is 5.91 Å². The summed E-state index contributed by atoms with van der Waals surface area (Å²) in [5, 5.41) is 9.41. The molecular formula is C20H20ClNO4. The second kappa shape index (κ2) is 8.23. The van der Waals surface area contributed by atoms with Gasteiger partial charge in [0.2, 0.25) is 0 Å². The Balaban J connectivity index is 1.60. The number of carbonyl (C=O) groups excluding carboxylic acids is 1. The van der Waals surface area contributed by atoms with E-state index >= 15 is 0 Å². The van der Waals surface area contributed by atoms with E-state index in [1.54, 1.807) is 24.3 Å². The lowest BCUT2D eigenvalue weighted by atomic mass is 9.89. The fraction of sp³-hybridized carbons (Fsp3) is 0.300. The van der Waals surface area contributed by atoms with Crippen LogP contribution >= 0.6 is 11.6 Å². The lowest BCUT2D eigenvalue weighted by Crippen LogP contribution is -2.37. The summed E-state index contributed by atoms with van der Waals surface area (Å²) in [4.78, 5) is 25.1. The van der Waals surface area contributed by atoms with Gasteiger partial charge in [0, 0.05) is 23.7 Å². The monoisotopic (exact) mass is 373 g/mol. The summed E-state index contributed by atoms with van der Waals surface area (Å²) in [6.07, 6.45) is 1.81. The summed E-state index contributed by atoms with van der Waals surface area (Å²) in [6, 6.07) is 14.6. The molecule has 0 aromatic heterocycles. The summed E-state index contributed by atoms with van der Waals surface area (Å²) in [7, 11) is 0. The van der Waals surface area contributed by atoms with Gasteiger partial charge in [-0.25, -0.2) is 4.79 Å². The molecule has 5 nitrogen and oxygen atoms in total. The number of benzene rings is 2. The molecule has 0 unspecified atom stereocenters. The highest BCUT2D eigenvalue weighted by Crippen LogP contribution is 2.29. The molecule has 1 aliphatic rings.